The normalized spacial score (nSPS) is 12.4. The third kappa shape index (κ3) is 7.45. The molecule has 0 spiro atoms. The number of rotatable bonds is 11. The van der Waals surface area contributed by atoms with Gasteiger partial charge in [0.05, 0.1) is 0 Å². The molecule has 27 heavy (non-hydrogen) atoms. The number of halogens is 1. The first-order chi connectivity index (χ1) is 13.1. The zero-order valence-corrected chi connectivity index (χ0v) is 18.7. The molecule has 0 saturated carbocycles. The van der Waals surface area contributed by atoms with Crippen molar-refractivity contribution in [3.63, 3.8) is 0 Å². The number of allylic oxidation sites excluding steroid dienone is 1. The van der Waals surface area contributed by atoms with Gasteiger partial charge in [-0.05, 0) is 61.2 Å². The fraction of sp³-hybridized carbons (Fsp3) is 0.333. The molecule has 0 unspecified atom stereocenters. The van der Waals surface area contributed by atoms with Crippen molar-refractivity contribution >= 4 is 32.2 Å². The molecular formula is C21H27ClO3SSi. The Morgan fingerprint density at radius 3 is 1.96 bits per heavy atom. The Bertz CT molecular complexity index is 690. The maximum Gasteiger partial charge on any atom is 0.530 e. The van der Waals surface area contributed by atoms with Gasteiger partial charge in [-0.2, -0.15) is 0 Å². The van der Waals surface area contributed by atoms with Crippen LogP contribution in [0.3, 0.4) is 0 Å². The van der Waals surface area contributed by atoms with Gasteiger partial charge in [-0.1, -0.05) is 53.7 Å². The molecule has 0 aliphatic rings. The quantitative estimate of drug-likeness (QED) is 0.320. The molecule has 0 aromatic heterocycles. The Morgan fingerprint density at radius 1 is 0.889 bits per heavy atom. The molecular weight excluding hydrogens is 396 g/mol. The number of thioether (sulfide) groups is 1. The summed E-state index contributed by atoms with van der Waals surface area (Å²) in [7, 11) is -2.89. The van der Waals surface area contributed by atoms with Gasteiger partial charge in [-0.3, -0.25) is 0 Å². The van der Waals surface area contributed by atoms with Gasteiger partial charge >= 0.3 is 8.80 Å². The molecule has 0 radical (unpaired) electrons. The molecule has 0 N–H and O–H groups in total. The predicted molar refractivity (Wildman–Crippen MR) is 116 cm³/mol. The van der Waals surface area contributed by atoms with Crippen molar-refractivity contribution < 1.29 is 13.3 Å². The van der Waals surface area contributed by atoms with E-state index in [2.05, 4.69) is 30.0 Å². The van der Waals surface area contributed by atoms with Gasteiger partial charge in [0.2, 0.25) is 0 Å². The monoisotopic (exact) mass is 422 g/mol. The van der Waals surface area contributed by atoms with Gasteiger partial charge in [0.1, 0.15) is 0 Å². The Morgan fingerprint density at radius 2 is 1.44 bits per heavy atom. The molecule has 0 heterocycles. The second kappa shape index (κ2) is 11.7. The topological polar surface area (TPSA) is 27.7 Å². The Hall–Kier alpha value is -1.08. The van der Waals surface area contributed by atoms with Crippen molar-refractivity contribution in [2.75, 3.05) is 19.8 Å². The van der Waals surface area contributed by atoms with E-state index in [4.69, 9.17) is 24.9 Å². The van der Waals surface area contributed by atoms with Crippen LogP contribution >= 0.6 is 23.4 Å². The average molecular weight is 423 g/mol. The molecule has 0 fully saturated rings. The maximum atomic E-state index is 6.03. The van der Waals surface area contributed by atoms with E-state index in [0.717, 1.165) is 21.2 Å². The molecule has 0 bridgehead atoms. The van der Waals surface area contributed by atoms with E-state index in [-0.39, 0.29) is 0 Å². The van der Waals surface area contributed by atoms with Gasteiger partial charge in [0, 0.05) is 36.2 Å². The molecule has 0 amide bonds. The highest BCUT2D eigenvalue weighted by atomic mass is 35.5. The fourth-order valence-corrected chi connectivity index (χ4v) is 6.43. The van der Waals surface area contributed by atoms with E-state index >= 15 is 0 Å². The molecule has 0 atom stereocenters. The first kappa shape index (κ1) is 22.2. The lowest BCUT2D eigenvalue weighted by molar-refractivity contribution is 0.0841. The first-order valence-electron chi connectivity index (χ1n) is 9.21. The summed E-state index contributed by atoms with van der Waals surface area (Å²) in [5, 5.41) is 0.731. The third-order valence-corrected chi connectivity index (χ3v) is 7.93. The van der Waals surface area contributed by atoms with E-state index in [1.54, 1.807) is 11.8 Å². The standard InChI is InChI=1S/C21H27ClO3SSi/c1-4-23-27(24-5-2,25-6-3)17-21(16-18-10-8-7-9-11-18)26-20-14-12-19(22)13-15-20/h7-15,17H,4-6,16H2,1-3H3. The first-order valence-corrected chi connectivity index (χ1v) is 12.2. The minimum absolute atomic E-state index is 0.549. The lowest BCUT2D eigenvalue weighted by Crippen LogP contribution is -2.44. The van der Waals surface area contributed by atoms with Crippen molar-refractivity contribution in [2.45, 2.75) is 32.1 Å². The van der Waals surface area contributed by atoms with Crippen molar-refractivity contribution in [1.29, 1.82) is 0 Å². The molecule has 3 nitrogen and oxygen atoms in total. The second-order valence-electron chi connectivity index (χ2n) is 5.73. The molecule has 2 aromatic rings. The second-order valence-corrected chi connectivity index (χ2v) is 9.73. The fourth-order valence-electron chi connectivity index (χ4n) is 2.62. The van der Waals surface area contributed by atoms with Gasteiger partial charge in [-0.25, -0.2) is 0 Å². The van der Waals surface area contributed by atoms with Crippen LogP contribution in [0.2, 0.25) is 5.02 Å². The highest BCUT2D eigenvalue weighted by Crippen LogP contribution is 2.32. The van der Waals surface area contributed by atoms with Gasteiger partial charge in [-0.15, -0.1) is 0 Å². The van der Waals surface area contributed by atoms with E-state index in [1.165, 1.54) is 5.56 Å². The number of hydrogen-bond donors (Lipinski definition) is 0. The molecule has 0 aliphatic heterocycles. The zero-order valence-electron chi connectivity index (χ0n) is 16.1. The van der Waals surface area contributed by atoms with Crippen LogP contribution in [0, 0.1) is 0 Å². The molecule has 146 valence electrons. The zero-order chi connectivity index (χ0) is 19.5. The van der Waals surface area contributed by atoms with Crippen molar-refractivity contribution in [3.8, 4) is 0 Å². The summed E-state index contributed by atoms with van der Waals surface area (Å²) >= 11 is 7.73. The summed E-state index contributed by atoms with van der Waals surface area (Å²) < 4.78 is 18.1. The van der Waals surface area contributed by atoms with E-state index in [0.29, 0.717) is 19.8 Å². The summed E-state index contributed by atoms with van der Waals surface area (Å²) in [5.41, 5.74) is 3.33. The maximum absolute atomic E-state index is 6.03. The van der Waals surface area contributed by atoms with Gasteiger partial charge < -0.3 is 13.3 Å². The van der Waals surface area contributed by atoms with Crippen LogP contribution < -0.4 is 0 Å². The number of hydrogen-bond acceptors (Lipinski definition) is 4. The SMILES string of the molecule is CCO[Si](C=C(Cc1ccccc1)Sc1ccc(Cl)cc1)(OCC)OCC. The number of benzene rings is 2. The summed E-state index contributed by atoms with van der Waals surface area (Å²) in [5.74, 6) is 0. The minimum Gasteiger partial charge on any atom is -0.371 e. The van der Waals surface area contributed by atoms with Crippen LogP contribution in [0.5, 0.6) is 0 Å². The minimum atomic E-state index is -2.89. The molecule has 6 heteroatoms. The Labute approximate surface area is 173 Å². The van der Waals surface area contributed by atoms with Crippen LogP contribution in [0.15, 0.2) is 70.1 Å². The predicted octanol–water partition coefficient (Wildman–Crippen LogP) is 6.15. The van der Waals surface area contributed by atoms with Crippen LogP contribution in [-0.4, -0.2) is 28.6 Å². The molecule has 0 saturated heterocycles. The van der Waals surface area contributed by atoms with Gasteiger partial charge in [0.15, 0.2) is 0 Å². The van der Waals surface area contributed by atoms with Crippen LogP contribution in [0.25, 0.3) is 0 Å². The Balaban J connectivity index is 2.37. The smallest absolute Gasteiger partial charge is 0.371 e. The third-order valence-electron chi connectivity index (χ3n) is 3.66. The van der Waals surface area contributed by atoms with Crippen LogP contribution in [0.4, 0.5) is 0 Å². The van der Waals surface area contributed by atoms with Gasteiger partial charge in [0.25, 0.3) is 0 Å². The molecule has 0 aliphatic carbocycles. The molecule has 2 rings (SSSR count). The van der Waals surface area contributed by atoms with Crippen LogP contribution in [-0.2, 0) is 19.7 Å². The lowest BCUT2D eigenvalue weighted by Gasteiger charge is -2.26. The van der Waals surface area contributed by atoms with Crippen molar-refractivity contribution in [2.24, 2.45) is 0 Å². The molecule has 2 aromatic carbocycles. The van der Waals surface area contributed by atoms with Crippen molar-refractivity contribution in [3.05, 3.63) is 75.8 Å². The highest BCUT2D eigenvalue weighted by molar-refractivity contribution is 8.03. The lowest BCUT2D eigenvalue weighted by atomic mass is 10.1. The van der Waals surface area contributed by atoms with Crippen LogP contribution in [0.1, 0.15) is 26.3 Å². The average Bonchev–Trinajstić information content (AvgIpc) is 2.65. The summed E-state index contributed by atoms with van der Waals surface area (Å²) in [6.45, 7) is 7.55. The van der Waals surface area contributed by atoms with E-state index < -0.39 is 8.80 Å². The largest absolute Gasteiger partial charge is 0.530 e. The van der Waals surface area contributed by atoms with Crippen molar-refractivity contribution in [1.82, 2.24) is 0 Å². The highest BCUT2D eigenvalue weighted by Gasteiger charge is 2.38. The summed E-state index contributed by atoms with van der Waals surface area (Å²) in [4.78, 5) is 2.26. The summed E-state index contributed by atoms with van der Waals surface area (Å²) in [6, 6.07) is 18.2. The summed E-state index contributed by atoms with van der Waals surface area (Å²) in [6.07, 6.45) is 0.788. The Kier molecular flexibility index (Phi) is 9.62. The van der Waals surface area contributed by atoms with E-state index in [9.17, 15) is 0 Å². The van der Waals surface area contributed by atoms with E-state index in [1.807, 2.05) is 51.1 Å².